The van der Waals surface area contributed by atoms with Crippen molar-refractivity contribution in [1.82, 2.24) is 9.88 Å². The fourth-order valence-corrected chi connectivity index (χ4v) is 5.33. The van der Waals surface area contributed by atoms with Gasteiger partial charge in [0, 0.05) is 24.0 Å². The lowest BCUT2D eigenvalue weighted by Crippen LogP contribution is -2.39. The highest BCUT2D eigenvalue weighted by atomic mass is 32.2. The predicted octanol–water partition coefficient (Wildman–Crippen LogP) is 3.82. The number of rotatable bonds is 4. The molecule has 2 unspecified atom stereocenters. The Morgan fingerprint density at radius 1 is 1.19 bits per heavy atom. The molecule has 4 heterocycles. The number of pyridine rings is 1. The van der Waals surface area contributed by atoms with Gasteiger partial charge in [0.05, 0.1) is 16.0 Å². The molecule has 4 nitrogen and oxygen atoms in total. The molecule has 3 aliphatic heterocycles. The summed E-state index contributed by atoms with van der Waals surface area (Å²) in [5.74, 6) is 0.724. The molecule has 4 rings (SSSR count). The zero-order valence-electron chi connectivity index (χ0n) is 16.1. The van der Waals surface area contributed by atoms with E-state index < -0.39 is 0 Å². The first-order chi connectivity index (χ1) is 12.5. The Balaban J connectivity index is 1.39. The van der Waals surface area contributed by atoms with Gasteiger partial charge in [0.25, 0.3) is 0 Å². The van der Waals surface area contributed by atoms with E-state index in [0.29, 0.717) is 11.3 Å². The highest BCUT2D eigenvalue weighted by Gasteiger charge is 2.32. The van der Waals surface area contributed by atoms with E-state index in [2.05, 4.69) is 66.9 Å². The Morgan fingerprint density at radius 2 is 1.96 bits per heavy atom. The van der Waals surface area contributed by atoms with Crippen molar-refractivity contribution in [3.8, 4) is 0 Å². The number of fused-ring (bicyclic) bond motifs is 1. The summed E-state index contributed by atoms with van der Waals surface area (Å²) >= 11 is 1.84. The van der Waals surface area contributed by atoms with Crippen LogP contribution < -0.4 is 0 Å². The standard InChI is InChI=1S/C21H28N4S/c1-13-9-18(10-14(2)22-13)11-17-7-8-25(12-17)15(3)19-5-6-20-21(24-19)23-16(4)26-20/h5-6,9-10,15,17,20-21H,7-8,11-12H2,1-4H3/t15-,17+,20?,21?/m1/s1. The molecule has 0 saturated carbocycles. The maximum absolute atomic E-state index is 4.94. The van der Waals surface area contributed by atoms with E-state index in [1.54, 1.807) is 0 Å². The van der Waals surface area contributed by atoms with Crippen molar-refractivity contribution in [2.24, 2.45) is 15.9 Å². The lowest BCUT2D eigenvalue weighted by molar-refractivity contribution is 0.301. The summed E-state index contributed by atoms with van der Waals surface area (Å²) in [6.45, 7) is 10.9. The molecule has 0 aliphatic carbocycles. The largest absolute Gasteiger partial charge is 0.295 e. The zero-order chi connectivity index (χ0) is 18.3. The highest BCUT2D eigenvalue weighted by Crippen LogP contribution is 2.32. The zero-order valence-corrected chi connectivity index (χ0v) is 17.0. The molecular weight excluding hydrogens is 340 g/mol. The van der Waals surface area contributed by atoms with E-state index in [1.165, 1.54) is 17.7 Å². The number of likely N-dealkylation sites (tertiary alicyclic amines) is 1. The first kappa shape index (κ1) is 17.9. The molecule has 0 bridgehead atoms. The molecule has 1 saturated heterocycles. The monoisotopic (exact) mass is 368 g/mol. The molecule has 1 aromatic heterocycles. The topological polar surface area (TPSA) is 40.9 Å². The maximum atomic E-state index is 4.94. The smallest absolute Gasteiger partial charge is 0.156 e. The minimum absolute atomic E-state index is 0.101. The number of aryl methyl sites for hydroxylation is 2. The van der Waals surface area contributed by atoms with Crippen molar-refractivity contribution < 1.29 is 0 Å². The first-order valence-corrected chi connectivity index (χ1v) is 10.5. The molecule has 138 valence electrons. The maximum Gasteiger partial charge on any atom is 0.156 e. The van der Waals surface area contributed by atoms with Crippen molar-refractivity contribution >= 4 is 22.5 Å². The summed E-state index contributed by atoms with van der Waals surface area (Å²) < 4.78 is 0. The number of aromatic nitrogens is 1. The van der Waals surface area contributed by atoms with E-state index in [9.17, 15) is 0 Å². The van der Waals surface area contributed by atoms with Gasteiger partial charge in [-0.1, -0.05) is 17.8 Å². The minimum atomic E-state index is 0.101. The molecule has 3 aliphatic rings. The van der Waals surface area contributed by atoms with Crippen molar-refractivity contribution in [2.75, 3.05) is 13.1 Å². The summed E-state index contributed by atoms with van der Waals surface area (Å²) in [7, 11) is 0. The highest BCUT2D eigenvalue weighted by molar-refractivity contribution is 8.14. The summed E-state index contributed by atoms with van der Waals surface area (Å²) in [6, 6.07) is 4.86. The average molecular weight is 369 g/mol. The van der Waals surface area contributed by atoms with Crippen LogP contribution >= 0.6 is 11.8 Å². The fraction of sp³-hybridized carbons (Fsp3) is 0.571. The number of nitrogens with zero attached hydrogens (tertiary/aromatic N) is 4. The lowest BCUT2D eigenvalue weighted by Gasteiger charge is -2.27. The van der Waals surface area contributed by atoms with Crippen LogP contribution in [0.5, 0.6) is 0 Å². The molecule has 26 heavy (non-hydrogen) atoms. The van der Waals surface area contributed by atoms with Gasteiger partial charge in [0.15, 0.2) is 6.17 Å². The van der Waals surface area contributed by atoms with Gasteiger partial charge in [-0.15, -0.1) is 0 Å². The van der Waals surface area contributed by atoms with E-state index in [0.717, 1.165) is 41.9 Å². The summed E-state index contributed by atoms with van der Waals surface area (Å²) in [5, 5.41) is 1.57. The van der Waals surface area contributed by atoms with Gasteiger partial charge in [-0.2, -0.15) is 0 Å². The van der Waals surface area contributed by atoms with E-state index in [-0.39, 0.29) is 6.17 Å². The molecule has 0 radical (unpaired) electrons. The van der Waals surface area contributed by atoms with Gasteiger partial charge in [0.1, 0.15) is 0 Å². The van der Waals surface area contributed by atoms with Crippen molar-refractivity contribution in [3.63, 3.8) is 0 Å². The Labute approximate surface area is 160 Å². The van der Waals surface area contributed by atoms with Crippen LogP contribution in [0.1, 0.15) is 37.2 Å². The summed E-state index contributed by atoms with van der Waals surface area (Å²) in [4.78, 5) is 16.7. The minimum Gasteiger partial charge on any atom is -0.295 e. The van der Waals surface area contributed by atoms with E-state index in [4.69, 9.17) is 4.99 Å². The van der Waals surface area contributed by atoms with E-state index in [1.807, 2.05) is 11.8 Å². The summed E-state index contributed by atoms with van der Waals surface area (Å²) in [6.07, 6.45) is 7.05. The molecule has 0 aromatic carbocycles. The Bertz CT molecular complexity index is 762. The molecule has 1 fully saturated rings. The molecule has 5 heteroatoms. The summed E-state index contributed by atoms with van der Waals surface area (Å²) in [5.41, 5.74) is 4.89. The van der Waals surface area contributed by atoms with Crippen LogP contribution in [-0.4, -0.2) is 51.2 Å². The van der Waals surface area contributed by atoms with Crippen molar-refractivity contribution in [2.45, 2.75) is 58.0 Å². The SMILES string of the molecule is CC1=NC2N=C([C@@H](C)N3CC[C@@H](Cc4cc(C)nc(C)c4)C3)C=CC2S1. The molecule has 0 N–H and O–H groups in total. The second-order valence-corrected chi connectivity index (χ2v) is 9.22. The van der Waals surface area contributed by atoms with Crippen LogP contribution in [0.2, 0.25) is 0 Å². The van der Waals surface area contributed by atoms with Crippen molar-refractivity contribution in [1.29, 1.82) is 0 Å². The third kappa shape index (κ3) is 3.79. The Hall–Kier alpha value is -1.46. The second kappa shape index (κ2) is 7.28. The van der Waals surface area contributed by atoms with Gasteiger partial charge in [-0.25, -0.2) is 0 Å². The third-order valence-corrected chi connectivity index (χ3v) is 6.73. The molecule has 0 amide bonds. The van der Waals surface area contributed by atoms with Gasteiger partial charge in [-0.3, -0.25) is 19.9 Å². The van der Waals surface area contributed by atoms with Crippen LogP contribution in [-0.2, 0) is 6.42 Å². The quantitative estimate of drug-likeness (QED) is 0.811. The average Bonchev–Trinajstić information content (AvgIpc) is 3.17. The van der Waals surface area contributed by atoms with E-state index >= 15 is 0 Å². The third-order valence-electron chi connectivity index (χ3n) is 5.61. The Kier molecular flexibility index (Phi) is 5.02. The van der Waals surface area contributed by atoms with Gasteiger partial charge < -0.3 is 0 Å². The van der Waals surface area contributed by atoms with Gasteiger partial charge >= 0.3 is 0 Å². The lowest BCUT2D eigenvalue weighted by atomic mass is 9.98. The van der Waals surface area contributed by atoms with Gasteiger partial charge in [0.2, 0.25) is 0 Å². The van der Waals surface area contributed by atoms with Crippen molar-refractivity contribution in [3.05, 3.63) is 41.2 Å². The van der Waals surface area contributed by atoms with Crippen LogP contribution in [0, 0.1) is 19.8 Å². The molecule has 4 atom stereocenters. The second-order valence-electron chi connectivity index (χ2n) is 7.85. The molecule has 0 spiro atoms. The first-order valence-electron chi connectivity index (χ1n) is 9.63. The van der Waals surface area contributed by atoms with Gasteiger partial charge in [-0.05, 0) is 76.8 Å². The van der Waals surface area contributed by atoms with Crippen LogP contribution in [0.3, 0.4) is 0 Å². The number of aliphatic imine (C=N–C) groups is 2. The normalized spacial score (nSPS) is 29.5. The predicted molar refractivity (Wildman–Crippen MR) is 111 cm³/mol. The number of hydrogen-bond donors (Lipinski definition) is 0. The van der Waals surface area contributed by atoms with Crippen LogP contribution in [0.15, 0.2) is 34.3 Å². The Morgan fingerprint density at radius 3 is 2.73 bits per heavy atom. The molecular formula is C21H28N4S. The number of dihydropyridines is 1. The number of thioether (sulfide) groups is 1. The molecule has 1 aromatic rings. The number of hydrogen-bond acceptors (Lipinski definition) is 5. The fourth-order valence-electron chi connectivity index (χ4n) is 4.37. The van der Waals surface area contributed by atoms with Crippen LogP contribution in [0.25, 0.3) is 0 Å². The van der Waals surface area contributed by atoms with Crippen LogP contribution in [0.4, 0.5) is 0 Å².